The Morgan fingerprint density at radius 2 is 1.74 bits per heavy atom. The molecule has 1 unspecified atom stereocenters. The monoisotopic (exact) mass is 522 g/mol. The van der Waals surface area contributed by atoms with Crippen molar-refractivity contribution in [2.24, 2.45) is 0 Å². The van der Waals surface area contributed by atoms with Gasteiger partial charge in [-0.15, -0.1) is 10.2 Å². The second kappa shape index (κ2) is 10.4. The molecule has 2 aliphatic heterocycles. The third kappa shape index (κ3) is 6.45. The summed E-state index contributed by atoms with van der Waals surface area (Å²) < 4.78 is 64.3. The van der Waals surface area contributed by atoms with Gasteiger partial charge in [0.1, 0.15) is 0 Å². The highest BCUT2D eigenvalue weighted by molar-refractivity contribution is 7.88. The third-order valence-corrected chi connectivity index (χ3v) is 6.86. The number of morpholine rings is 1. The van der Waals surface area contributed by atoms with Crippen LogP contribution in [0.4, 0.5) is 13.2 Å². The summed E-state index contributed by atoms with van der Waals surface area (Å²) in [5, 5.41) is 15.6. The van der Waals surface area contributed by atoms with E-state index in [1.54, 1.807) is 27.6 Å². The van der Waals surface area contributed by atoms with Crippen molar-refractivity contribution in [1.29, 1.82) is 0 Å². The Kier molecular flexibility index (Phi) is 7.98. The number of nitrogens with zero attached hydrogens (tertiary/aromatic N) is 6. The van der Waals surface area contributed by atoms with Gasteiger partial charge in [0.05, 0.1) is 31.1 Å². The maximum atomic E-state index is 12.8. The molecule has 12 nitrogen and oxygen atoms in total. The zero-order valence-corrected chi connectivity index (χ0v) is 19.8. The van der Waals surface area contributed by atoms with Crippen LogP contribution >= 0.6 is 0 Å². The van der Waals surface area contributed by atoms with Gasteiger partial charge in [-0.2, -0.15) is 17.5 Å². The number of aliphatic carboxylic acids is 1. The van der Waals surface area contributed by atoms with Crippen molar-refractivity contribution >= 4 is 27.5 Å². The number of likely N-dealkylation sites (N-methyl/N-ethyl adjacent to an activating group) is 1. The molecule has 0 saturated carbocycles. The topological polar surface area (TPSA) is 138 Å². The number of amides is 1. The standard InChI is InChI=1S/C17H24N6O4S.C2HF3O2/c1-20-5-6-22(28(2,25)26)12-14(20)16-19-18-15-4-3-13(11-23(15)16)17(24)21-7-9-27-10-8-21;3-2(4,5)1(6)7/h3-4,11,14H,5-10,12H2,1-2H3;(H,6,7). The van der Waals surface area contributed by atoms with E-state index in [9.17, 15) is 26.4 Å². The SMILES string of the molecule is CN1CCN(S(C)(=O)=O)CC1c1nnc2ccc(C(=O)N3CCOCC3)cn12.O=C(O)C(F)(F)F. The van der Waals surface area contributed by atoms with Gasteiger partial charge in [0.25, 0.3) is 5.91 Å². The summed E-state index contributed by atoms with van der Waals surface area (Å²) in [7, 11) is -1.35. The van der Waals surface area contributed by atoms with Crippen molar-refractivity contribution in [3.8, 4) is 0 Å². The first-order chi connectivity index (χ1) is 16.3. The van der Waals surface area contributed by atoms with E-state index in [2.05, 4.69) is 15.1 Å². The number of carbonyl (C=O) groups excluding carboxylic acids is 1. The van der Waals surface area contributed by atoms with E-state index in [4.69, 9.17) is 14.6 Å². The Balaban J connectivity index is 0.000000429. The lowest BCUT2D eigenvalue weighted by molar-refractivity contribution is -0.192. The van der Waals surface area contributed by atoms with E-state index in [1.165, 1.54) is 10.6 Å². The van der Waals surface area contributed by atoms with Crippen LogP contribution in [0.15, 0.2) is 18.3 Å². The maximum Gasteiger partial charge on any atom is 0.490 e. The Morgan fingerprint density at radius 1 is 1.11 bits per heavy atom. The van der Waals surface area contributed by atoms with Gasteiger partial charge in [-0.3, -0.25) is 14.1 Å². The van der Waals surface area contributed by atoms with Crippen LogP contribution in [-0.4, -0.2) is 120 Å². The second-order valence-electron chi connectivity index (χ2n) is 8.03. The summed E-state index contributed by atoms with van der Waals surface area (Å²) in [5.41, 5.74) is 1.17. The molecule has 194 valence electrons. The number of hydrogen-bond acceptors (Lipinski definition) is 8. The quantitative estimate of drug-likeness (QED) is 0.594. The number of ether oxygens (including phenoxy) is 1. The van der Waals surface area contributed by atoms with Crippen LogP contribution in [0.5, 0.6) is 0 Å². The van der Waals surface area contributed by atoms with Crippen molar-refractivity contribution in [2.45, 2.75) is 12.2 Å². The normalized spacial score (nSPS) is 20.4. The van der Waals surface area contributed by atoms with E-state index in [-0.39, 0.29) is 11.9 Å². The summed E-state index contributed by atoms with van der Waals surface area (Å²) in [4.78, 5) is 25.5. The molecule has 4 rings (SSSR count). The molecule has 1 atom stereocenters. The molecule has 2 aromatic rings. The molecular formula is C19H25F3N6O6S. The van der Waals surface area contributed by atoms with Gasteiger partial charge in [-0.25, -0.2) is 13.2 Å². The lowest BCUT2D eigenvalue weighted by Gasteiger charge is -2.37. The number of piperazine rings is 1. The average molecular weight is 523 g/mol. The van der Waals surface area contributed by atoms with Crippen LogP contribution < -0.4 is 0 Å². The van der Waals surface area contributed by atoms with Crippen LogP contribution in [0, 0.1) is 0 Å². The molecule has 0 radical (unpaired) electrons. The van der Waals surface area contributed by atoms with Crippen LogP contribution in [-0.2, 0) is 19.6 Å². The highest BCUT2D eigenvalue weighted by Gasteiger charge is 2.38. The predicted molar refractivity (Wildman–Crippen MR) is 115 cm³/mol. The molecule has 0 spiro atoms. The highest BCUT2D eigenvalue weighted by Crippen LogP contribution is 2.25. The molecule has 2 fully saturated rings. The van der Waals surface area contributed by atoms with Crippen LogP contribution in [0.25, 0.3) is 5.65 Å². The summed E-state index contributed by atoms with van der Waals surface area (Å²) in [5.74, 6) is -2.19. The van der Waals surface area contributed by atoms with Crippen molar-refractivity contribution in [3.63, 3.8) is 0 Å². The molecule has 16 heteroatoms. The fraction of sp³-hybridized carbons (Fsp3) is 0.579. The first-order valence-electron chi connectivity index (χ1n) is 10.5. The molecule has 0 aliphatic carbocycles. The number of halogens is 3. The minimum Gasteiger partial charge on any atom is -0.475 e. The van der Waals surface area contributed by atoms with Gasteiger partial charge in [-0.1, -0.05) is 0 Å². The van der Waals surface area contributed by atoms with Gasteiger partial charge >= 0.3 is 12.1 Å². The van der Waals surface area contributed by atoms with E-state index in [1.807, 2.05) is 7.05 Å². The number of carboxylic acids is 1. The van der Waals surface area contributed by atoms with E-state index in [0.717, 1.165) is 0 Å². The van der Waals surface area contributed by atoms with Crippen molar-refractivity contribution in [1.82, 2.24) is 28.7 Å². The summed E-state index contributed by atoms with van der Waals surface area (Å²) in [6.07, 6.45) is -2.12. The predicted octanol–water partition coefficient (Wildman–Crippen LogP) is 0.0831. The third-order valence-electron chi connectivity index (χ3n) is 5.59. The number of alkyl halides is 3. The number of aromatic nitrogens is 3. The number of carboxylic acid groups (broad SMARTS) is 1. The Labute approximate surface area is 198 Å². The number of sulfonamides is 1. The van der Waals surface area contributed by atoms with Crippen LogP contribution in [0.3, 0.4) is 0 Å². The van der Waals surface area contributed by atoms with Crippen LogP contribution in [0.1, 0.15) is 22.2 Å². The maximum absolute atomic E-state index is 12.8. The number of hydrogen-bond donors (Lipinski definition) is 1. The molecule has 0 aromatic carbocycles. The molecule has 2 saturated heterocycles. The highest BCUT2D eigenvalue weighted by atomic mass is 32.2. The smallest absolute Gasteiger partial charge is 0.475 e. The Hall–Kier alpha value is -2.82. The number of carbonyl (C=O) groups is 2. The van der Waals surface area contributed by atoms with Crippen molar-refractivity contribution in [2.75, 3.05) is 59.2 Å². The molecule has 0 bridgehead atoms. The fourth-order valence-electron chi connectivity index (χ4n) is 3.64. The van der Waals surface area contributed by atoms with Gasteiger partial charge in [0.15, 0.2) is 11.5 Å². The number of pyridine rings is 1. The fourth-order valence-corrected chi connectivity index (χ4v) is 4.47. The number of rotatable bonds is 3. The summed E-state index contributed by atoms with van der Waals surface area (Å²) in [6, 6.07) is 3.27. The van der Waals surface area contributed by atoms with Crippen molar-refractivity contribution < 1.29 is 41.0 Å². The lowest BCUT2D eigenvalue weighted by atomic mass is 10.2. The zero-order chi connectivity index (χ0) is 26.0. The van der Waals surface area contributed by atoms with E-state index >= 15 is 0 Å². The van der Waals surface area contributed by atoms with Gasteiger partial charge in [-0.05, 0) is 19.2 Å². The minimum absolute atomic E-state index is 0.0559. The van der Waals surface area contributed by atoms with Crippen LogP contribution in [0.2, 0.25) is 0 Å². The molecule has 4 heterocycles. The molecule has 35 heavy (non-hydrogen) atoms. The molecule has 1 N–H and O–H groups in total. The first-order valence-corrected chi connectivity index (χ1v) is 12.3. The van der Waals surface area contributed by atoms with Gasteiger partial charge < -0.3 is 14.7 Å². The first kappa shape index (κ1) is 26.8. The average Bonchev–Trinajstić information content (AvgIpc) is 3.21. The molecule has 2 aromatic heterocycles. The second-order valence-corrected chi connectivity index (χ2v) is 10.0. The summed E-state index contributed by atoms with van der Waals surface area (Å²) in [6.45, 7) is 3.57. The Bertz CT molecular complexity index is 1180. The zero-order valence-electron chi connectivity index (χ0n) is 19.0. The van der Waals surface area contributed by atoms with Gasteiger partial charge in [0, 0.05) is 38.9 Å². The Morgan fingerprint density at radius 3 is 2.31 bits per heavy atom. The molecule has 1 amide bonds. The molecular weight excluding hydrogens is 497 g/mol. The molecule has 2 aliphatic rings. The lowest BCUT2D eigenvalue weighted by Crippen LogP contribution is -2.49. The number of fused-ring (bicyclic) bond motifs is 1. The summed E-state index contributed by atoms with van der Waals surface area (Å²) >= 11 is 0. The largest absolute Gasteiger partial charge is 0.490 e. The van der Waals surface area contributed by atoms with E-state index in [0.29, 0.717) is 63.0 Å². The van der Waals surface area contributed by atoms with Gasteiger partial charge in [0.2, 0.25) is 10.0 Å². The van der Waals surface area contributed by atoms with Crippen molar-refractivity contribution in [3.05, 3.63) is 29.7 Å². The minimum atomic E-state index is -5.08. The van der Waals surface area contributed by atoms with E-state index < -0.39 is 22.2 Å².